The van der Waals surface area contributed by atoms with E-state index in [0.29, 0.717) is 11.4 Å². The van der Waals surface area contributed by atoms with Gasteiger partial charge in [-0.25, -0.2) is 13.8 Å². The number of nitrogens with zero attached hydrogens (tertiary/aromatic N) is 4. The third kappa shape index (κ3) is 3.75. The Morgan fingerprint density at radius 2 is 1.72 bits per heavy atom. The van der Waals surface area contributed by atoms with Crippen molar-refractivity contribution >= 4 is 0 Å². The zero-order valence-corrected chi connectivity index (χ0v) is 14.7. The summed E-state index contributed by atoms with van der Waals surface area (Å²) in [7, 11) is 0. The summed E-state index contributed by atoms with van der Waals surface area (Å²) in [6.07, 6.45) is 2.88. The van der Waals surface area contributed by atoms with Crippen molar-refractivity contribution in [3.05, 3.63) is 89.1 Å². The molecule has 0 aliphatic heterocycles. The molecule has 0 amide bonds. The van der Waals surface area contributed by atoms with Crippen LogP contribution in [0.3, 0.4) is 0 Å². The van der Waals surface area contributed by atoms with Crippen molar-refractivity contribution in [2.24, 2.45) is 0 Å². The molecule has 0 saturated heterocycles. The van der Waals surface area contributed by atoms with Crippen molar-refractivity contribution in [1.29, 1.82) is 0 Å². The molecule has 2 aromatic carbocycles. The van der Waals surface area contributed by atoms with Crippen LogP contribution in [-0.2, 0) is 0 Å². The summed E-state index contributed by atoms with van der Waals surface area (Å²) in [5, 5.41) is 8.43. The molecule has 4 rings (SSSR count). The first-order valence-electron chi connectivity index (χ1n) is 8.47. The fraction of sp³-hybridized carbons (Fsp3) is 0.0500. The quantitative estimate of drug-likeness (QED) is 0.513. The second-order valence-electron chi connectivity index (χ2n) is 5.93. The number of alkyl halides is 2. The highest BCUT2D eigenvalue weighted by molar-refractivity contribution is 5.57. The van der Waals surface area contributed by atoms with E-state index in [0.717, 1.165) is 0 Å². The molecule has 0 radical (unpaired) electrons. The van der Waals surface area contributed by atoms with E-state index >= 15 is 0 Å². The average molecular weight is 398 g/mol. The third-order valence-electron chi connectivity index (χ3n) is 4.10. The minimum Gasteiger partial charge on any atom is -0.435 e. The van der Waals surface area contributed by atoms with Crippen LogP contribution >= 0.6 is 0 Å². The van der Waals surface area contributed by atoms with Gasteiger partial charge in [-0.1, -0.05) is 12.1 Å². The summed E-state index contributed by atoms with van der Waals surface area (Å²) in [4.78, 5) is 12.4. The van der Waals surface area contributed by atoms with Gasteiger partial charge < -0.3 is 4.74 Å². The fourth-order valence-corrected chi connectivity index (χ4v) is 2.81. The Morgan fingerprint density at radius 3 is 2.45 bits per heavy atom. The zero-order chi connectivity index (χ0) is 20.4. The number of halogens is 3. The van der Waals surface area contributed by atoms with Crippen LogP contribution in [0, 0.1) is 5.82 Å². The summed E-state index contributed by atoms with van der Waals surface area (Å²) in [6, 6.07) is 14.7. The largest absolute Gasteiger partial charge is 0.435 e. The van der Waals surface area contributed by atoms with Crippen molar-refractivity contribution in [2.75, 3.05) is 0 Å². The van der Waals surface area contributed by atoms with Gasteiger partial charge in [-0.2, -0.15) is 19.0 Å². The molecule has 146 valence electrons. The topological polar surface area (TPSA) is 61.9 Å². The van der Waals surface area contributed by atoms with Crippen molar-refractivity contribution < 1.29 is 17.9 Å². The Morgan fingerprint density at radius 1 is 0.966 bits per heavy atom. The van der Waals surface area contributed by atoms with Gasteiger partial charge in [0.05, 0.1) is 17.6 Å². The van der Waals surface area contributed by atoms with Gasteiger partial charge in [0, 0.05) is 12.3 Å². The van der Waals surface area contributed by atoms with Crippen molar-refractivity contribution in [2.45, 2.75) is 6.61 Å². The average Bonchev–Trinajstić information content (AvgIpc) is 3.18. The highest BCUT2D eigenvalue weighted by Gasteiger charge is 2.15. The molecule has 0 aliphatic carbocycles. The minimum atomic E-state index is -2.92. The molecule has 0 saturated carbocycles. The number of benzene rings is 2. The van der Waals surface area contributed by atoms with E-state index in [1.165, 1.54) is 64.2 Å². The first-order valence-corrected chi connectivity index (χ1v) is 8.47. The van der Waals surface area contributed by atoms with E-state index in [-0.39, 0.29) is 22.6 Å². The minimum absolute atomic E-state index is 0.00245. The molecule has 0 bridgehead atoms. The summed E-state index contributed by atoms with van der Waals surface area (Å²) < 4.78 is 45.8. The van der Waals surface area contributed by atoms with Crippen LogP contribution in [0.25, 0.3) is 22.8 Å². The van der Waals surface area contributed by atoms with Crippen molar-refractivity contribution in [1.82, 2.24) is 19.6 Å². The molecule has 2 aromatic heterocycles. The van der Waals surface area contributed by atoms with E-state index < -0.39 is 12.4 Å². The molecule has 29 heavy (non-hydrogen) atoms. The van der Waals surface area contributed by atoms with E-state index in [4.69, 9.17) is 0 Å². The summed E-state index contributed by atoms with van der Waals surface area (Å²) >= 11 is 0. The molecule has 0 atom stereocenters. The standard InChI is InChI=1S/C20H13F3N4O2/c21-15-3-1-2-4-16(15)27-17(9-11-24-27)19-18(28)10-12-26(25-19)13-5-7-14(8-6-13)29-20(22)23/h1-12,20H. The van der Waals surface area contributed by atoms with Crippen LogP contribution < -0.4 is 10.2 Å². The van der Waals surface area contributed by atoms with Crippen molar-refractivity contribution in [3.63, 3.8) is 0 Å². The fourth-order valence-electron chi connectivity index (χ4n) is 2.81. The Hall–Kier alpha value is -3.88. The smallest absolute Gasteiger partial charge is 0.387 e. The molecule has 4 aromatic rings. The van der Waals surface area contributed by atoms with Crippen LogP contribution in [0.5, 0.6) is 5.75 Å². The van der Waals surface area contributed by atoms with E-state index in [1.54, 1.807) is 18.2 Å². The van der Waals surface area contributed by atoms with E-state index in [9.17, 15) is 18.0 Å². The number of rotatable bonds is 5. The van der Waals surface area contributed by atoms with Gasteiger partial charge in [0.15, 0.2) is 5.69 Å². The lowest BCUT2D eigenvalue weighted by Gasteiger charge is -2.11. The molecule has 9 heteroatoms. The lowest BCUT2D eigenvalue weighted by molar-refractivity contribution is -0.0498. The zero-order valence-electron chi connectivity index (χ0n) is 14.7. The molecule has 2 heterocycles. The maximum atomic E-state index is 14.2. The molecule has 6 nitrogen and oxygen atoms in total. The lowest BCUT2D eigenvalue weighted by Crippen LogP contribution is -2.15. The van der Waals surface area contributed by atoms with Crippen LogP contribution in [-0.4, -0.2) is 26.2 Å². The second kappa shape index (κ2) is 7.63. The number of para-hydroxylation sites is 1. The van der Waals surface area contributed by atoms with Crippen molar-refractivity contribution in [3.8, 4) is 28.5 Å². The van der Waals surface area contributed by atoms with Gasteiger partial charge in [-0.05, 0) is 42.5 Å². The summed E-state index contributed by atoms with van der Waals surface area (Å²) in [6.45, 7) is -2.92. The van der Waals surface area contributed by atoms with Crippen LogP contribution in [0.1, 0.15) is 0 Å². The summed E-state index contributed by atoms with van der Waals surface area (Å²) in [5.41, 5.74) is 0.688. The maximum absolute atomic E-state index is 14.2. The van der Waals surface area contributed by atoms with Crippen LogP contribution in [0.4, 0.5) is 13.2 Å². The first kappa shape index (κ1) is 18.5. The Balaban J connectivity index is 1.75. The Bertz CT molecular complexity index is 1200. The number of hydrogen-bond donors (Lipinski definition) is 0. The number of hydrogen-bond acceptors (Lipinski definition) is 4. The van der Waals surface area contributed by atoms with Gasteiger partial charge in [0.25, 0.3) is 0 Å². The predicted molar refractivity (Wildman–Crippen MR) is 99.0 cm³/mol. The number of aromatic nitrogens is 4. The monoisotopic (exact) mass is 398 g/mol. The van der Waals surface area contributed by atoms with E-state index in [2.05, 4.69) is 14.9 Å². The number of ether oxygens (including phenoxy) is 1. The Labute approximate surface area is 162 Å². The maximum Gasteiger partial charge on any atom is 0.387 e. The second-order valence-corrected chi connectivity index (χ2v) is 5.93. The molecule has 0 N–H and O–H groups in total. The van der Waals surface area contributed by atoms with Gasteiger partial charge in [-0.3, -0.25) is 4.79 Å². The Kier molecular flexibility index (Phi) is 4.86. The molecule has 0 fully saturated rings. The highest BCUT2D eigenvalue weighted by atomic mass is 19.3. The molecular weight excluding hydrogens is 385 g/mol. The lowest BCUT2D eigenvalue weighted by atomic mass is 10.2. The van der Waals surface area contributed by atoms with Gasteiger partial charge >= 0.3 is 6.61 Å². The normalized spacial score (nSPS) is 11.0. The third-order valence-corrected chi connectivity index (χ3v) is 4.10. The highest BCUT2D eigenvalue weighted by Crippen LogP contribution is 2.21. The van der Waals surface area contributed by atoms with Crippen LogP contribution in [0.15, 0.2) is 77.9 Å². The first-order chi connectivity index (χ1) is 14.0. The summed E-state index contributed by atoms with van der Waals surface area (Å²) in [5.74, 6) is -0.494. The molecule has 0 aliphatic rings. The van der Waals surface area contributed by atoms with Gasteiger partial charge in [0.1, 0.15) is 17.3 Å². The van der Waals surface area contributed by atoms with Crippen LogP contribution in [0.2, 0.25) is 0 Å². The molecule has 0 spiro atoms. The SMILES string of the molecule is O=c1ccn(-c2ccc(OC(F)F)cc2)nc1-c1ccnn1-c1ccccc1F. The molecular formula is C20H13F3N4O2. The molecule has 0 unspecified atom stereocenters. The van der Waals surface area contributed by atoms with E-state index in [1.807, 2.05) is 0 Å². The van der Waals surface area contributed by atoms with Gasteiger partial charge in [0.2, 0.25) is 5.43 Å². The van der Waals surface area contributed by atoms with Gasteiger partial charge in [-0.15, -0.1) is 0 Å². The predicted octanol–water partition coefficient (Wildman–Crippen LogP) is 3.83.